The molecule has 0 atom stereocenters. The van der Waals surface area contributed by atoms with Crippen LogP contribution >= 0.6 is 11.6 Å². The quantitative estimate of drug-likeness (QED) is 0.211. The van der Waals surface area contributed by atoms with Gasteiger partial charge in [-0.1, -0.05) is 41.9 Å². The van der Waals surface area contributed by atoms with E-state index in [1.165, 1.54) is 30.3 Å². The minimum Gasteiger partial charge on any atom is -0.478 e. The molecule has 0 bridgehead atoms. The topological polar surface area (TPSA) is 130 Å². The molecule has 1 heterocycles. The monoisotopic (exact) mass is 487 g/mol. The SMILES string of the molecule is O=C(O)c1cccc(N2C(=O)c3cccc4c(Nc5ccccc5Cl)c([N+](=O)[O-])cc(c34)C2=O)c1. The average Bonchev–Trinajstić information content (AvgIpc) is 2.84. The second kappa shape index (κ2) is 8.23. The van der Waals surface area contributed by atoms with Gasteiger partial charge in [0.15, 0.2) is 0 Å². The number of nitro benzene ring substituents is 1. The van der Waals surface area contributed by atoms with Crippen LogP contribution in [0.1, 0.15) is 31.1 Å². The summed E-state index contributed by atoms with van der Waals surface area (Å²) in [6.45, 7) is 0. The summed E-state index contributed by atoms with van der Waals surface area (Å²) in [6.07, 6.45) is 0. The van der Waals surface area contributed by atoms with E-state index in [9.17, 15) is 29.6 Å². The van der Waals surface area contributed by atoms with Gasteiger partial charge in [-0.3, -0.25) is 19.7 Å². The van der Waals surface area contributed by atoms with Gasteiger partial charge in [-0.05, 0) is 36.4 Å². The number of rotatable bonds is 5. The highest BCUT2D eigenvalue weighted by atomic mass is 35.5. The number of amides is 2. The minimum atomic E-state index is -1.22. The summed E-state index contributed by atoms with van der Waals surface area (Å²) in [4.78, 5) is 50.5. The number of anilines is 3. The van der Waals surface area contributed by atoms with E-state index in [2.05, 4.69) is 5.32 Å². The Morgan fingerprint density at radius 2 is 1.66 bits per heavy atom. The molecule has 4 aromatic carbocycles. The molecule has 0 spiro atoms. The number of para-hydroxylation sites is 1. The summed E-state index contributed by atoms with van der Waals surface area (Å²) in [6, 6.07) is 17.8. The first kappa shape index (κ1) is 22.1. The Hall–Kier alpha value is -4.76. The Kier molecular flexibility index (Phi) is 5.18. The number of carbonyl (C=O) groups is 3. The van der Waals surface area contributed by atoms with Crippen molar-refractivity contribution in [2.45, 2.75) is 0 Å². The molecule has 0 radical (unpaired) electrons. The number of aromatic carboxylic acids is 1. The number of halogens is 1. The van der Waals surface area contributed by atoms with Crippen LogP contribution in [0.5, 0.6) is 0 Å². The van der Waals surface area contributed by atoms with Crippen molar-refractivity contribution in [1.29, 1.82) is 0 Å². The van der Waals surface area contributed by atoms with Gasteiger partial charge in [-0.2, -0.15) is 0 Å². The van der Waals surface area contributed by atoms with E-state index in [0.29, 0.717) is 16.1 Å². The van der Waals surface area contributed by atoms with Gasteiger partial charge in [-0.25, -0.2) is 9.69 Å². The summed E-state index contributed by atoms with van der Waals surface area (Å²) in [5.41, 5.74) is 0.152. The molecule has 0 saturated heterocycles. The van der Waals surface area contributed by atoms with Gasteiger partial charge < -0.3 is 10.4 Å². The molecule has 0 aliphatic carbocycles. The highest BCUT2D eigenvalue weighted by Crippen LogP contribution is 2.43. The van der Waals surface area contributed by atoms with Crippen LogP contribution in [0.15, 0.2) is 72.8 Å². The second-order valence-electron chi connectivity index (χ2n) is 7.71. The molecule has 0 saturated carbocycles. The lowest BCUT2D eigenvalue weighted by molar-refractivity contribution is -0.383. The van der Waals surface area contributed by atoms with Crippen molar-refractivity contribution < 1.29 is 24.4 Å². The summed E-state index contributed by atoms with van der Waals surface area (Å²) < 4.78 is 0. The van der Waals surface area contributed by atoms with Crippen molar-refractivity contribution in [3.63, 3.8) is 0 Å². The average molecular weight is 488 g/mol. The molecule has 0 unspecified atom stereocenters. The molecular weight excluding hydrogens is 474 g/mol. The lowest BCUT2D eigenvalue weighted by Crippen LogP contribution is -2.40. The predicted molar refractivity (Wildman–Crippen MR) is 130 cm³/mol. The number of nitro groups is 1. The molecular formula is C25H14ClN3O6. The normalized spacial score (nSPS) is 12.7. The van der Waals surface area contributed by atoms with E-state index in [1.807, 2.05) is 0 Å². The van der Waals surface area contributed by atoms with Crippen LogP contribution in [-0.2, 0) is 0 Å². The summed E-state index contributed by atoms with van der Waals surface area (Å²) in [7, 11) is 0. The van der Waals surface area contributed by atoms with E-state index in [1.54, 1.807) is 36.4 Å². The second-order valence-corrected chi connectivity index (χ2v) is 8.12. The molecule has 1 aliphatic heterocycles. The molecule has 35 heavy (non-hydrogen) atoms. The number of imide groups is 1. The van der Waals surface area contributed by atoms with Crippen molar-refractivity contribution in [3.8, 4) is 0 Å². The van der Waals surface area contributed by atoms with Crippen LogP contribution in [0.3, 0.4) is 0 Å². The van der Waals surface area contributed by atoms with E-state index in [0.717, 1.165) is 11.0 Å². The Morgan fingerprint density at radius 1 is 0.943 bits per heavy atom. The summed E-state index contributed by atoms with van der Waals surface area (Å²) in [5.74, 6) is -2.70. The first-order chi connectivity index (χ1) is 16.8. The third kappa shape index (κ3) is 3.54. The Bertz CT molecular complexity index is 1600. The standard InChI is InChI=1S/C25H14ClN3O6/c26-18-9-1-2-10-19(18)27-22-15-7-4-8-16-21(15)17(12-20(22)29(34)35)24(31)28(23(16)30)14-6-3-5-13(11-14)25(32)33/h1-12,27H,(H,32,33). The number of hydrogen-bond donors (Lipinski definition) is 2. The number of nitrogens with zero attached hydrogens (tertiary/aromatic N) is 2. The predicted octanol–water partition coefficient (Wildman–Crippen LogP) is 5.64. The van der Waals surface area contributed by atoms with Gasteiger partial charge in [0.1, 0.15) is 5.69 Å². The van der Waals surface area contributed by atoms with E-state index < -0.39 is 22.7 Å². The summed E-state index contributed by atoms with van der Waals surface area (Å²) in [5, 5.41) is 25.2. The maximum Gasteiger partial charge on any atom is 0.335 e. The van der Waals surface area contributed by atoms with E-state index in [4.69, 9.17) is 11.6 Å². The molecule has 5 rings (SSSR count). The number of carboxylic acid groups (broad SMARTS) is 1. The van der Waals surface area contributed by atoms with Crippen LogP contribution in [0, 0.1) is 10.1 Å². The van der Waals surface area contributed by atoms with Gasteiger partial charge in [0, 0.05) is 22.4 Å². The highest BCUT2D eigenvalue weighted by molar-refractivity contribution is 6.37. The molecule has 4 aromatic rings. The highest BCUT2D eigenvalue weighted by Gasteiger charge is 2.37. The largest absolute Gasteiger partial charge is 0.478 e. The lowest BCUT2D eigenvalue weighted by Gasteiger charge is -2.28. The van der Waals surface area contributed by atoms with Crippen LogP contribution in [0.4, 0.5) is 22.7 Å². The van der Waals surface area contributed by atoms with Gasteiger partial charge in [0.25, 0.3) is 17.5 Å². The third-order valence-corrected chi connectivity index (χ3v) is 6.02. The smallest absolute Gasteiger partial charge is 0.335 e. The van der Waals surface area contributed by atoms with Crippen molar-refractivity contribution in [2.24, 2.45) is 0 Å². The minimum absolute atomic E-state index is 0.0449. The van der Waals surface area contributed by atoms with Gasteiger partial charge >= 0.3 is 5.97 Å². The van der Waals surface area contributed by atoms with Crippen molar-refractivity contribution in [1.82, 2.24) is 0 Å². The van der Waals surface area contributed by atoms with Crippen LogP contribution in [0.2, 0.25) is 5.02 Å². The molecule has 172 valence electrons. The van der Waals surface area contributed by atoms with Crippen LogP contribution in [-0.4, -0.2) is 27.8 Å². The zero-order chi connectivity index (χ0) is 24.9. The number of nitrogens with one attached hydrogen (secondary N) is 1. The fourth-order valence-electron chi connectivity index (χ4n) is 4.14. The number of benzene rings is 4. The molecule has 10 heteroatoms. The van der Waals surface area contributed by atoms with Crippen molar-refractivity contribution in [3.05, 3.63) is 105 Å². The Balaban J connectivity index is 1.75. The molecule has 9 nitrogen and oxygen atoms in total. The molecule has 0 fully saturated rings. The van der Waals surface area contributed by atoms with Crippen molar-refractivity contribution >= 4 is 62.9 Å². The zero-order valence-electron chi connectivity index (χ0n) is 17.7. The fraction of sp³-hybridized carbons (Fsp3) is 0. The van der Waals surface area contributed by atoms with Crippen molar-refractivity contribution in [2.75, 3.05) is 10.2 Å². The Labute approximate surface area is 202 Å². The van der Waals surface area contributed by atoms with Crippen LogP contribution in [0.25, 0.3) is 10.8 Å². The molecule has 0 aromatic heterocycles. The van der Waals surface area contributed by atoms with E-state index in [-0.39, 0.29) is 39.1 Å². The maximum absolute atomic E-state index is 13.5. The fourth-order valence-corrected chi connectivity index (χ4v) is 4.32. The van der Waals surface area contributed by atoms with E-state index >= 15 is 0 Å². The number of carboxylic acids is 1. The van der Waals surface area contributed by atoms with Gasteiger partial charge in [0.05, 0.1) is 32.4 Å². The number of hydrogen-bond acceptors (Lipinski definition) is 6. The maximum atomic E-state index is 13.5. The van der Waals surface area contributed by atoms with Crippen LogP contribution < -0.4 is 10.2 Å². The molecule has 1 aliphatic rings. The Morgan fingerprint density at radius 3 is 2.37 bits per heavy atom. The van der Waals surface area contributed by atoms with Gasteiger partial charge in [-0.15, -0.1) is 0 Å². The zero-order valence-corrected chi connectivity index (χ0v) is 18.4. The summed E-state index contributed by atoms with van der Waals surface area (Å²) >= 11 is 6.24. The lowest BCUT2D eigenvalue weighted by atomic mass is 9.91. The first-order valence-corrected chi connectivity index (χ1v) is 10.6. The first-order valence-electron chi connectivity index (χ1n) is 10.3. The molecule has 2 N–H and O–H groups in total. The molecule has 2 amide bonds. The third-order valence-electron chi connectivity index (χ3n) is 5.69. The van der Waals surface area contributed by atoms with Gasteiger partial charge in [0.2, 0.25) is 0 Å². The number of carbonyl (C=O) groups excluding carboxylic acids is 2.